The molecule has 108 valence electrons. The Hall–Kier alpha value is -1.60. The Morgan fingerprint density at radius 3 is 3.00 bits per heavy atom. The molecule has 1 aromatic rings. The lowest BCUT2D eigenvalue weighted by molar-refractivity contribution is 0.0698. The number of carbonyl (C=O) groups excluding carboxylic acids is 1. The van der Waals surface area contributed by atoms with E-state index >= 15 is 0 Å². The van der Waals surface area contributed by atoms with Gasteiger partial charge in [0, 0.05) is 25.7 Å². The SMILES string of the molecule is O=C(O)c1ccsc1NC(=O)N1CCN2CCCC2C1. The summed E-state index contributed by atoms with van der Waals surface area (Å²) in [7, 11) is 0. The van der Waals surface area contributed by atoms with Gasteiger partial charge in [-0.25, -0.2) is 9.59 Å². The summed E-state index contributed by atoms with van der Waals surface area (Å²) in [4.78, 5) is 27.5. The second-order valence-electron chi connectivity index (χ2n) is 5.18. The standard InChI is InChI=1S/C13H17N3O3S/c17-12(18)10-3-7-20-11(10)14-13(19)16-6-5-15-4-1-2-9(15)8-16/h3,7,9H,1-2,4-6,8H2,(H,14,19)(H,17,18). The summed E-state index contributed by atoms with van der Waals surface area (Å²) in [5, 5.41) is 13.9. The van der Waals surface area contributed by atoms with Crippen molar-refractivity contribution >= 4 is 28.3 Å². The largest absolute Gasteiger partial charge is 0.478 e. The Balaban J connectivity index is 1.64. The van der Waals surface area contributed by atoms with Crippen LogP contribution < -0.4 is 5.32 Å². The number of anilines is 1. The summed E-state index contributed by atoms with van der Waals surface area (Å²) in [5.74, 6) is -1.01. The van der Waals surface area contributed by atoms with Crippen LogP contribution in [0.25, 0.3) is 0 Å². The Labute approximate surface area is 121 Å². The molecule has 1 atom stereocenters. The van der Waals surface area contributed by atoms with Gasteiger partial charge in [-0.15, -0.1) is 11.3 Å². The molecule has 0 bridgehead atoms. The lowest BCUT2D eigenvalue weighted by Crippen LogP contribution is -2.53. The van der Waals surface area contributed by atoms with Crippen molar-refractivity contribution < 1.29 is 14.7 Å². The van der Waals surface area contributed by atoms with Gasteiger partial charge in [0.25, 0.3) is 0 Å². The van der Waals surface area contributed by atoms with E-state index in [9.17, 15) is 9.59 Å². The first-order valence-corrected chi connectivity index (χ1v) is 7.64. The number of piperazine rings is 1. The van der Waals surface area contributed by atoms with Crippen LogP contribution in [0.4, 0.5) is 9.80 Å². The minimum absolute atomic E-state index is 0.155. The number of amides is 2. The predicted molar refractivity (Wildman–Crippen MR) is 76.5 cm³/mol. The van der Waals surface area contributed by atoms with Gasteiger partial charge in [-0.1, -0.05) is 0 Å². The number of carbonyl (C=O) groups is 2. The molecule has 1 unspecified atom stereocenters. The van der Waals surface area contributed by atoms with Gasteiger partial charge in [-0.05, 0) is 30.8 Å². The first-order valence-electron chi connectivity index (χ1n) is 6.76. The second kappa shape index (κ2) is 5.41. The molecule has 6 nitrogen and oxygen atoms in total. The van der Waals surface area contributed by atoms with E-state index in [2.05, 4.69) is 10.2 Å². The van der Waals surface area contributed by atoms with Crippen LogP contribution in [0.15, 0.2) is 11.4 Å². The second-order valence-corrected chi connectivity index (χ2v) is 6.09. The molecule has 2 aliphatic rings. The molecule has 2 aliphatic heterocycles. The molecule has 1 aromatic heterocycles. The molecule has 0 radical (unpaired) electrons. The van der Waals surface area contributed by atoms with Crippen molar-refractivity contribution in [2.75, 3.05) is 31.5 Å². The van der Waals surface area contributed by atoms with Crippen molar-refractivity contribution in [3.05, 3.63) is 17.0 Å². The van der Waals surface area contributed by atoms with Crippen molar-refractivity contribution in [2.45, 2.75) is 18.9 Å². The fourth-order valence-electron chi connectivity index (χ4n) is 2.93. The minimum atomic E-state index is -1.01. The molecule has 20 heavy (non-hydrogen) atoms. The summed E-state index contributed by atoms with van der Waals surface area (Å²) in [6.45, 7) is 3.48. The lowest BCUT2D eigenvalue weighted by Gasteiger charge is -2.37. The maximum atomic E-state index is 12.2. The molecule has 7 heteroatoms. The van der Waals surface area contributed by atoms with Crippen LogP contribution in [0.3, 0.4) is 0 Å². The van der Waals surface area contributed by atoms with Gasteiger partial charge in [-0.3, -0.25) is 10.2 Å². The molecule has 3 rings (SSSR count). The van der Waals surface area contributed by atoms with Crippen LogP contribution in [0.2, 0.25) is 0 Å². The molecule has 2 N–H and O–H groups in total. The van der Waals surface area contributed by atoms with Crippen LogP contribution in [-0.4, -0.2) is 59.1 Å². The Kier molecular flexibility index (Phi) is 3.62. The van der Waals surface area contributed by atoms with Gasteiger partial charge in [-0.2, -0.15) is 0 Å². The number of hydrogen-bond donors (Lipinski definition) is 2. The molecule has 3 heterocycles. The number of thiophene rings is 1. The minimum Gasteiger partial charge on any atom is -0.478 e. The molecule has 0 aromatic carbocycles. The normalized spacial score (nSPS) is 22.6. The highest BCUT2D eigenvalue weighted by Gasteiger charge is 2.32. The van der Waals surface area contributed by atoms with E-state index < -0.39 is 5.97 Å². The van der Waals surface area contributed by atoms with Gasteiger partial charge in [0.05, 0.1) is 5.56 Å². The number of rotatable bonds is 2. The van der Waals surface area contributed by atoms with E-state index in [1.54, 1.807) is 10.3 Å². The first kappa shape index (κ1) is 13.4. The van der Waals surface area contributed by atoms with E-state index in [0.29, 0.717) is 17.6 Å². The van der Waals surface area contributed by atoms with Crippen molar-refractivity contribution in [3.63, 3.8) is 0 Å². The Morgan fingerprint density at radius 2 is 2.20 bits per heavy atom. The molecular formula is C13H17N3O3S. The number of urea groups is 1. The van der Waals surface area contributed by atoms with Crippen molar-refractivity contribution in [1.29, 1.82) is 0 Å². The molecule has 0 saturated carbocycles. The number of aromatic carboxylic acids is 1. The third kappa shape index (κ3) is 2.51. The third-order valence-corrected chi connectivity index (χ3v) is 4.82. The maximum absolute atomic E-state index is 12.2. The number of nitrogens with zero attached hydrogens (tertiary/aromatic N) is 2. The quantitative estimate of drug-likeness (QED) is 0.872. The highest BCUT2D eigenvalue weighted by atomic mass is 32.1. The Morgan fingerprint density at radius 1 is 1.35 bits per heavy atom. The first-order chi connectivity index (χ1) is 9.65. The van der Waals surface area contributed by atoms with Crippen LogP contribution in [-0.2, 0) is 0 Å². The van der Waals surface area contributed by atoms with E-state index in [1.807, 2.05) is 0 Å². The highest BCUT2D eigenvalue weighted by molar-refractivity contribution is 7.14. The monoisotopic (exact) mass is 295 g/mol. The average molecular weight is 295 g/mol. The van der Waals surface area contributed by atoms with Crippen molar-refractivity contribution in [1.82, 2.24) is 9.80 Å². The molecule has 0 spiro atoms. The van der Waals surface area contributed by atoms with E-state index in [0.717, 1.165) is 26.1 Å². The van der Waals surface area contributed by atoms with Crippen LogP contribution >= 0.6 is 11.3 Å². The fourth-order valence-corrected chi connectivity index (χ4v) is 3.70. The van der Waals surface area contributed by atoms with Crippen molar-refractivity contribution in [2.24, 2.45) is 0 Å². The van der Waals surface area contributed by atoms with Crippen molar-refractivity contribution in [3.8, 4) is 0 Å². The third-order valence-electron chi connectivity index (χ3n) is 3.99. The fraction of sp³-hybridized carbons (Fsp3) is 0.538. The number of carboxylic acid groups (broad SMARTS) is 1. The van der Waals surface area contributed by atoms with Crippen LogP contribution in [0, 0.1) is 0 Å². The highest BCUT2D eigenvalue weighted by Crippen LogP contribution is 2.25. The molecule has 2 fully saturated rings. The summed E-state index contributed by atoms with van der Waals surface area (Å²) in [6, 6.07) is 1.79. The number of carboxylic acids is 1. The summed E-state index contributed by atoms with van der Waals surface area (Å²) >= 11 is 1.24. The zero-order valence-electron chi connectivity index (χ0n) is 11.0. The van der Waals surface area contributed by atoms with Gasteiger partial charge >= 0.3 is 12.0 Å². The zero-order valence-corrected chi connectivity index (χ0v) is 11.9. The molecule has 0 aliphatic carbocycles. The summed E-state index contributed by atoms with van der Waals surface area (Å²) in [5.41, 5.74) is 0.155. The van der Waals surface area contributed by atoms with E-state index in [1.165, 1.54) is 23.8 Å². The summed E-state index contributed by atoms with van der Waals surface area (Å²) in [6.07, 6.45) is 2.34. The van der Waals surface area contributed by atoms with Gasteiger partial charge in [0.2, 0.25) is 0 Å². The Bertz CT molecular complexity index is 531. The zero-order chi connectivity index (χ0) is 14.1. The van der Waals surface area contributed by atoms with Gasteiger partial charge in [0.1, 0.15) is 5.00 Å². The van der Waals surface area contributed by atoms with E-state index in [-0.39, 0.29) is 11.6 Å². The van der Waals surface area contributed by atoms with Crippen LogP contribution in [0.1, 0.15) is 23.2 Å². The topological polar surface area (TPSA) is 72.9 Å². The number of hydrogen-bond acceptors (Lipinski definition) is 4. The average Bonchev–Trinajstić information content (AvgIpc) is 3.05. The van der Waals surface area contributed by atoms with Gasteiger partial charge < -0.3 is 10.0 Å². The number of fused-ring (bicyclic) bond motifs is 1. The summed E-state index contributed by atoms with van der Waals surface area (Å²) < 4.78 is 0. The number of nitrogens with one attached hydrogen (secondary N) is 1. The smallest absolute Gasteiger partial charge is 0.338 e. The maximum Gasteiger partial charge on any atom is 0.338 e. The molecule has 2 amide bonds. The lowest BCUT2D eigenvalue weighted by atomic mass is 10.2. The predicted octanol–water partition coefficient (Wildman–Crippen LogP) is 1.76. The van der Waals surface area contributed by atoms with E-state index in [4.69, 9.17) is 5.11 Å². The molecular weight excluding hydrogens is 278 g/mol. The van der Waals surface area contributed by atoms with Crippen LogP contribution in [0.5, 0.6) is 0 Å². The molecule has 2 saturated heterocycles. The van der Waals surface area contributed by atoms with Gasteiger partial charge in [0.15, 0.2) is 0 Å².